The summed E-state index contributed by atoms with van der Waals surface area (Å²) in [5.41, 5.74) is 0.650. The van der Waals surface area contributed by atoms with Crippen molar-refractivity contribution in [3.8, 4) is 0 Å². The van der Waals surface area contributed by atoms with Crippen LogP contribution in [0.25, 0.3) is 0 Å². The van der Waals surface area contributed by atoms with E-state index in [1.165, 1.54) is 11.3 Å². The second-order valence-electron chi connectivity index (χ2n) is 3.94. The van der Waals surface area contributed by atoms with E-state index in [1.54, 1.807) is 30.7 Å². The average molecular weight is 262 g/mol. The molecule has 0 spiro atoms. The molecule has 0 aliphatic carbocycles. The molecule has 0 saturated carbocycles. The Morgan fingerprint density at radius 2 is 2.12 bits per heavy atom. The van der Waals surface area contributed by atoms with Gasteiger partial charge < -0.3 is 5.11 Å². The van der Waals surface area contributed by atoms with Gasteiger partial charge in [-0.05, 0) is 28.3 Å². The minimum atomic E-state index is -3.64. The molecule has 1 heterocycles. The lowest BCUT2D eigenvalue weighted by Crippen LogP contribution is -2.35. The molecular formula is C10H14O4S2. The predicted octanol–water partition coefficient (Wildman–Crippen LogP) is 1.77. The normalized spacial score (nSPS) is 13.9. The molecule has 0 fully saturated rings. The van der Waals surface area contributed by atoms with Crippen molar-refractivity contribution >= 4 is 27.1 Å². The van der Waals surface area contributed by atoms with E-state index in [0.717, 1.165) is 0 Å². The standard InChI is InChI=1S/C10H14O4S2/c1-7(2)9(10(11)12)16(13,14)6-8-3-4-15-5-8/h3-5,7,9H,6H2,1-2H3,(H,11,12). The van der Waals surface area contributed by atoms with Crippen LogP contribution in [0.5, 0.6) is 0 Å². The highest BCUT2D eigenvalue weighted by molar-refractivity contribution is 7.92. The maximum Gasteiger partial charge on any atom is 0.322 e. The van der Waals surface area contributed by atoms with E-state index >= 15 is 0 Å². The van der Waals surface area contributed by atoms with Crippen LogP contribution in [0.4, 0.5) is 0 Å². The third-order valence-electron chi connectivity index (χ3n) is 2.18. The van der Waals surface area contributed by atoms with Gasteiger partial charge in [0.25, 0.3) is 0 Å². The fourth-order valence-electron chi connectivity index (χ4n) is 1.55. The molecule has 1 aromatic rings. The van der Waals surface area contributed by atoms with Gasteiger partial charge in [-0.3, -0.25) is 4.79 Å². The fourth-order valence-corrected chi connectivity index (χ4v) is 4.28. The molecule has 0 aromatic carbocycles. The van der Waals surface area contributed by atoms with Gasteiger partial charge in [0.05, 0.1) is 5.75 Å². The summed E-state index contributed by atoms with van der Waals surface area (Å²) in [5, 5.41) is 11.1. The zero-order valence-corrected chi connectivity index (χ0v) is 10.7. The molecule has 1 rings (SSSR count). The van der Waals surface area contributed by atoms with E-state index < -0.39 is 27.0 Å². The summed E-state index contributed by atoms with van der Waals surface area (Å²) in [7, 11) is -3.64. The third kappa shape index (κ3) is 3.05. The largest absolute Gasteiger partial charge is 0.480 e. The Morgan fingerprint density at radius 1 is 1.50 bits per heavy atom. The molecule has 6 heteroatoms. The van der Waals surface area contributed by atoms with Crippen LogP contribution in [-0.2, 0) is 20.4 Å². The van der Waals surface area contributed by atoms with Crippen molar-refractivity contribution in [2.75, 3.05) is 0 Å². The molecule has 16 heavy (non-hydrogen) atoms. The number of carboxylic acids is 1. The summed E-state index contributed by atoms with van der Waals surface area (Å²) in [4.78, 5) is 10.9. The molecule has 90 valence electrons. The van der Waals surface area contributed by atoms with Crippen LogP contribution < -0.4 is 0 Å². The molecule has 1 unspecified atom stereocenters. The summed E-state index contributed by atoms with van der Waals surface area (Å²) in [6, 6.07) is 1.70. The van der Waals surface area contributed by atoms with Crippen molar-refractivity contribution < 1.29 is 18.3 Å². The summed E-state index contributed by atoms with van der Waals surface area (Å²) in [6.45, 7) is 3.20. The third-order valence-corrected chi connectivity index (χ3v) is 5.17. The van der Waals surface area contributed by atoms with Gasteiger partial charge in [-0.2, -0.15) is 11.3 Å². The molecule has 1 aromatic heterocycles. The summed E-state index contributed by atoms with van der Waals surface area (Å²) < 4.78 is 23.8. The van der Waals surface area contributed by atoms with E-state index in [9.17, 15) is 13.2 Å². The first-order valence-electron chi connectivity index (χ1n) is 4.80. The number of sulfone groups is 1. The molecular weight excluding hydrogens is 248 g/mol. The van der Waals surface area contributed by atoms with Crippen molar-refractivity contribution in [3.63, 3.8) is 0 Å². The Balaban J connectivity index is 2.95. The highest BCUT2D eigenvalue weighted by atomic mass is 32.2. The van der Waals surface area contributed by atoms with Gasteiger partial charge in [0.1, 0.15) is 0 Å². The maximum atomic E-state index is 11.9. The van der Waals surface area contributed by atoms with Crippen LogP contribution in [-0.4, -0.2) is 24.7 Å². The monoisotopic (exact) mass is 262 g/mol. The lowest BCUT2D eigenvalue weighted by molar-refractivity contribution is -0.137. The van der Waals surface area contributed by atoms with E-state index in [-0.39, 0.29) is 5.75 Å². The number of hydrogen-bond acceptors (Lipinski definition) is 4. The highest BCUT2D eigenvalue weighted by Crippen LogP contribution is 2.19. The summed E-state index contributed by atoms with van der Waals surface area (Å²) in [6.07, 6.45) is 0. The second kappa shape index (κ2) is 4.97. The van der Waals surface area contributed by atoms with Gasteiger partial charge in [-0.1, -0.05) is 13.8 Å². The zero-order valence-electron chi connectivity index (χ0n) is 9.08. The van der Waals surface area contributed by atoms with Crippen molar-refractivity contribution in [1.29, 1.82) is 0 Å². The molecule has 0 aliphatic heterocycles. The predicted molar refractivity (Wildman–Crippen MR) is 63.2 cm³/mol. The van der Waals surface area contributed by atoms with Gasteiger partial charge in [0, 0.05) is 0 Å². The molecule has 4 nitrogen and oxygen atoms in total. The molecule has 1 atom stereocenters. The van der Waals surface area contributed by atoms with Gasteiger partial charge in [-0.25, -0.2) is 8.42 Å². The summed E-state index contributed by atoms with van der Waals surface area (Å²) in [5.74, 6) is -1.91. The average Bonchev–Trinajstić information content (AvgIpc) is 2.52. The van der Waals surface area contributed by atoms with Crippen LogP contribution in [0.3, 0.4) is 0 Å². The molecule has 0 bridgehead atoms. The van der Waals surface area contributed by atoms with E-state index in [4.69, 9.17) is 5.11 Å². The van der Waals surface area contributed by atoms with Gasteiger partial charge in [0.15, 0.2) is 15.1 Å². The van der Waals surface area contributed by atoms with Gasteiger partial charge in [-0.15, -0.1) is 0 Å². The van der Waals surface area contributed by atoms with Gasteiger partial charge >= 0.3 is 5.97 Å². The van der Waals surface area contributed by atoms with E-state index in [2.05, 4.69) is 0 Å². The summed E-state index contributed by atoms with van der Waals surface area (Å²) >= 11 is 1.40. The van der Waals surface area contributed by atoms with Crippen LogP contribution in [0.1, 0.15) is 19.4 Å². The van der Waals surface area contributed by atoms with Crippen LogP contribution >= 0.6 is 11.3 Å². The quantitative estimate of drug-likeness (QED) is 0.878. The van der Waals surface area contributed by atoms with E-state index in [1.807, 2.05) is 0 Å². The Bertz CT molecular complexity index is 445. The number of aliphatic carboxylic acids is 1. The molecule has 0 amide bonds. The number of thiophene rings is 1. The first-order chi connectivity index (χ1) is 7.34. The van der Waals surface area contributed by atoms with Crippen LogP contribution in [0, 0.1) is 5.92 Å². The smallest absolute Gasteiger partial charge is 0.322 e. The Labute approximate surface area is 98.8 Å². The zero-order chi connectivity index (χ0) is 12.3. The van der Waals surface area contributed by atoms with E-state index in [0.29, 0.717) is 5.56 Å². The van der Waals surface area contributed by atoms with Crippen LogP contribution in [0.15, 0.2) is 16.8 Å². The highest BCUT2D eigenvalue weighted by Gasteiger charge is 2.35. The first kappa shape index (κ1) is 13.2. The Morgan fingerprint density at radius 3 is 2.50 bits per heavy atom. The maximum absolute atomic E-state index is 11.9. The van der Waals surface area contributed by atoms with Crippen molar-refractivity contribution in [2.24, 2.45) is 5.92 Å². The number of hydrogen-bond donors (Lipinski definition) is 1. The first-order valence-corrected chi connectivity index (χ1v) is 7.46. The topological polar surface area (TPSA) is 71.4 Å². The van der Waals surface area contributed by atoms with Crippen molar-refractivity contribution in [3.05, 3.63) is 22.4 Å². The Kier molecular flexibility index (Phi) is 4.09. The van der Waals surface area contributed by atoms with Crippen LogP contribution in [0.2, 0.25) is 0 Å². The van der Waals surface area contributed by atoms with Gasteiger partial charge in [0.2, 0.25) is 0 Å². The van der Waals surface area contributed by atoms with Crippen molar-refractivity contribution in [2.45, 2.75) is 24.9 Å². The molecule has 1 N–H and O–H groups in total. The molecule has 0 radical (unpaired) electrons. The SMILES string of the molecule is CC(C)C(C(=O)O)S(=O)(=O)Cc1ccsc1. The minimum Gasteiger partial charge on any atom is -0.480 e. The fraction of sp³-hybridized carbons (Fsp3) is 0.500. The molecule has 0 saturated heterocycles. The van der Waals surface area contributed by atoms with Crippen molar-refractivity contribution in [1.82, 2.24) is 0 Å². The second-order valence-corrected chi connectivity index (χ2v) is 6.84. The number of carboxylic acid groups (broad SMARTS) is 1. The minimum absolute atomic E-state index is 0.203. The molecule has 0 aliphatic rings. The lowest BCUT2D eigenvalue weighted by atomic mass is 10.1. The number of rotatable bonds is 5. The lowest BCUT2D eigenvalue weighted by Gasteiger charge is -2.16. The number of carbonyl (C=O) groups is 1. The Hall–Kier alpha value is -0.880.